The van der Waals surface area contributed by atoms with E-state index >= 15 is 0 Å². The van der Waals surface area contributed by atoms with Crippen LogP contribution in [0.15, 0.2) is 0 Å². The molecule has 6 heteroatoms. The van der Waals surface area contributed by atoms with Crippen LogP contribution in [-0.2, 0) is 4.74 Å². The van der Waals surface area contributed by atoms with Crippen LogP contribution in [0, 0.1) is 0 Å². The van der Waals surface area contributed by atoms with Crippen LogP contribution in [0.2, 0.25) is 0 Å². The molecule has 108 valence electrons. The highest BCUT2D eigenvalue weighted by Gasteiger charge is 2.19. The van der Waals surface area contributed by atoms with Crippen LogP contribution in [0.1, 0.15) is 34.6 Å². The smallest absolute Gasteiger partial charge is 0.407 e. The number of rotatable bonds is 7. The topological polar surface area (TPSA) is 64.3 Å². The van der Waals surface area contributed by atoms with E-state index in [4.69, 9.17) is 10.5 Å². The Bertz CT molecular complexity index is 253. The highest BCUT2D eigenvalue weighted by Crippen LogP contribution is 2.35. The minimum atomic E-state index is -0.437. The number of nitrogens with two attached hydrogens (primary N) is 1. The summed E-state index contributed by atoms with van der Waals surface area (Å²) >= 11 is 3.66. The van der Waals surface area contributed by atoms with Gasteiger partial charge < -0.3 is 15.8 Å². The third-order valence-corrected chi connectivity index (χ3v) is 4.73. The molecule has 0 radical (unpaired) electrons. The maximum Gasteiger partial charge on any atom is 0.407 e. The number of nitrogens with one attached hydrogen (secondary N) is 1. The van der Waals surface area contributed by atoms with Gasteiger partial charge in [-0.05, 0) is 34.6 Å². The molecule has 3 N–H and O–H groups in total. The average Bonchev–Trinajstić information content (AvgIpc) is 2.19. The van der Waals surface area contributed by atoms with E-state index in [9.17, 15) is 4.79 Å². The largest absolute Gasteiger partial charge is 0.444 e. The lowest BCUT2D eigenvalue weighted by Gasteiger charge is -2.23. The quantitative estimate of drug-likeness (QED) is 0.558. The molecular weight excluding hydrogens is 268 g/mol. The SMILES string of the molecule is CC(C)(C)OC(=O)NCCSC(C)(C)SCCN. The van der Waals surface area contributed by atoms with Crippen LogP contribution < -0.4 is 11.1 Å². The van der Waals surface area contributed by atoms with E-state index in [0.29, 0.717) is 13.1 Å². The van der Waals surface area contributed by atoms with Gasteiger partial charge in [-0.2, -0.15) is 0 Å². The van der Waals surface area contributed by atoms with Crippen molar-refractivity contribution >= 4 is 29.6 Å². The number of alkyl carbamates (subject to hydrolysis) is 1. The van der Waals surface area contributed by atoms with E-state index in [1.54, 1.807) is 0 Å². The minimum Gasteiger partial charge on any atom is -0.444 e. The van der Waals surface area contributed by atoms with Gasteiger partial charge in [0.05, 0.1) is 4.08 Å². The first-order valence-electron chi connectivity index (χ1n) is 6.11. The Labute approximate surface area is 119 Å². The van der Waals surface area contributed by atoms with E-state index in [1.807, 2.05) is 44.3 Å². The van der Waals surface area contributed by atoms with Crippen molar-refractivity contribution < 1.29 is 9.53 Å². The summed E-state index contributed by atoms with van der Waals surface area (Å²) in [6.45, 7) is 11.2. The van der Waals surface area contributed by atoms with Crippen LogP contribution in [0.5, 0.6) is 0 Å². The first-order chi connectivity index (χ1) is 8.16. The molecule has 0 spiro atoms. The second-order valence-electron chi connectivity index (χ2n) is 5.31. The molecule has 0 aliphatic carbocycles. The van der Waals surface area contributed by atoms with E-state index in [-0.39, 0.29) is 10.2 Å². The molecule has 1 amide bonds. The Morgan fingerprint density at radius 3 is 2.22 bits per heavy atom. The van der Waals surface area contributed by atoms with Crippen molar-refractivity contribution in [1.82, 2.24) is 5.32 Å². The van der Waals surface area contributed by atoms with Gasteiger partial charge in [0.1, 0.15) is 5.60 Å². The Morgan fingerprint density at radius 1 is 1.17 bits per heavy atom. The Balaban J connectivity index is 3.70. The molecule has 0 atom stereocenters. The molecule has 0 aromatic rings. The molecule has 0 bridgehead atoms. The summed E-state index contributed by atoms with van der Waals surface area (Å²) in [4.78, 5) is 11.4. The zero-order chi connectivity index (χ0) is 14.2. The van der Waals surface area contributed by atoms with Crippen LogP contribution in [0.25, 0.3) is 0 Å². The summed E-state index contributed by atoms with van der Waals surface area (Å²) in [5.74, 6) is 1.82. The normalized spacial score (nSPS) is 12.3. The van der Waals surface area contributed by atoms with Crippen molar-refractivity contribution in [2.45, 2.75) is 44.3 Å². The molecule has 0 saturated heterocycles. The Morgan fingerprint density at radius 2 is 1.72 bits per heavy atom. The number of hydrogen-bond donors (Lipinski definition) is 2. The van der Waals surface area contributed by atoms with Crippen molar-refractivity contribution in [3.05, 3.63) is 0 Å². The Kier molecular flexibility index (Phi) is 8.14. The molecule has 0 rings (SSSR count). The fourth-order valence-corrected chi connectivity index (χ4v) is 3.25. The van der Waals surface area contributed by atoms with Crippen molar-refractivity contribution in [3.8, 4) is 0 Å². The van der Waals surface area contributed by atoms with E-state index in [0.717, 1.165) is 11.5 Å². The fraction of sp³-hybridized carbons (Fsp3) is 0.917. The standard InChI is InChI=1S/C12H26N2O2S2/c1-11(2,3)16-10(15)14-7-9-18-12(4,5)17-8-6-13/h6-9,13H2,1-5H3,(H,14,15). The number of carbonyl (C=O) groups excluding carboxylic acids is 1. The second-order valence-corrected chi connectivity index (χ2v) is 9.01. The minimum absolute atomic E-state index is 0.134. The number of ether oxygens (including phenoxy) is 1. The van der Waals surface area contributed by atoms with E-state index in [1.165, 1.54) is 0 Å². The van der Waals surface area contributed by atoms with Crippen LogP contribution in [0.3, 0.4) is 0 Å². The van der Waals surface area contributed by atoms with Crippen LogP contribution >= 0.6 is 23.5 Å². The lowest BCUT2D eigenvalue weighted by atomic mass is 10.2. The van der Waals surface area contributed by atoms with Gasteiger partial charge >= 0.3 is 6.09 Å². The molecule has 0 heterocycles. The van der Waals surface area contributed by atoms with Gasteiger partial charge in [0, 0.05) is 24.6 Å². The summed E-state index contributed by atoms with van der Waals surface area (Å²) < 4.78 is 5.29. The van der Waals surface area contributed by atoms with Gasteiger partial charge in [-0.3, -0.25) is 0 Å². The molecule has 0 aromatic carbocycles. The number of amides is 1. The summed E-state index contributed by atoms with van der Waals surface area (Å²) in [5, 5.41) is 2.75. The molecule has 0 aliphatic heterocycles. The van der Waals surface area contributed by atoms with Crippen LogP contribution in [0.4, 0.5) is 4.79 Å². The maximum absolute atomic E-state index is 11.4. The van der Waals surface area contributed by atoms with Crippen molar-refractivity contribution in [2.75, 3.05) is 24.6 Å². The van der Waals surface area contributed by atoms with Gasteiger partial charge in [-0.1, -0.05) is 0 Å². The third-order valence-electron chi connectivity index (χ3n) is 1.79. The maximum atomic E-state index is 11.4. The molecule has 0 fully saturated rings. The molecule has 18 heavy (non-hydrogen) atoms. The molecule has 0 aromatic heterocycles. The monoisotopic (exact) mass is 294 g/mol. The summed E-state index contributed by atoms with van der Waals surface area (Å²) in [7, 11) is 0. The predicted molar refractivity (Wildman–Crippen MR) is 82.3 cm³/mol. The van der Waals surface area contributed by atoms with Crippen molar-refractivity contribution in [1.29, 1.82) is 0 Å². The first kappa shape index (κ1) is 17.9. The van der Waals surface area contributed by atoms with Gasteiger partial charge in [-0.25, -0.2) is 4.79 Å². The molecule has 4 nitrogen and oxygen atoms in total. The lowest BCUT2D eigenvalue weighted by Crippen LogP contribution is -2.34. The lowest BCUT2D eigenvalue weighted by molar-refractivity contribution is 0.0531. The molecule has 0 aliphatic rings. The van der Waals surface area contributed by atoms with E-state index in [2.05, 4.69) is 19.2 Å². The molecule has 0 unspecified atom stereocenters. The van der Waals surface area contributed by atoms with Crippen molar-refractivity contribution in [3.63, 3.8) is 0 Å². The summed E-state index contributed by atoms with van der Waals surface area (Å²) in [5.41, 5.74) is 5.05. The Hall–Kier alpha value is -0.0700. The van der Waals surface area contributed by atoms with E-state index < -0.39 is 5.60 Å². The van der Waals surface area contributed by atoms with Gasteiger partial charge in [0.2, 0.25) is 0 Å². The zero-order valence-electron chi connectivity index (χ0n) is 12.0. The number of thioether (sulfide) groups is 2. The molecule has 0 saturated carbocycles. The van der Waals surface area contributed by atoms with Crippen molar-refractivity contribution in [2.24, 2.45) is 5.73 Å². The second kappa shape index (κ2) is 8.17. The zero-order valence-corrected chi connectivity index (χ0v) is 13.7. The molecular formula is C12H26N2O2S2. The van der Waals surface area contributed by atoms with Gasteiger partial charge in [0.15, 0.2) is 0 Å². The van der Waals surface area contributed by atoms with Gasteiger partial charge in [0.25, 0.3) is 0 Å². The van der Waals surface area contributed by atoms with Crippen LogP contribution in [-0.4, -0.2) is 40.4 Å². The fourth-order valence-electron chi connectivity index (χ4n) is 1.11. The number of hydrogen-bond acceptors (Lipinski definition) is 5. The first-order valence-corrected chi connectivity index (χ1v) is 8.08. The highest BCUT2D eigenvalue weighted by molar-refractivity contribution is 8.18. The summed E-state index contributed by atoms with van der Waals surface area (Å²) in [6.07, 6.45) is -0.351. The third kappa shape index (κ3) is 11.0. The average molecular weight is 294 g/mol. The summed E-state index contributed by atoms with van der Waals surface area (Å²) in [6, 6.07) is 0. The van der Waals surface area contributed by atoms with Gasteiger partial charge in [-0.15, -0.1) is 23.5 Å². The predicted octanol–water partition coefficient (Wildman–Crippen LogP) is 2.67. The number of carbonyl (C=O) groups is 1. The highest BCUT2D eigenvalue weighted by atomic mass is 32.2.